The lowest BCUT2D eigenvalue weighted by molar-refractivity contribution is 0.0930. The molecule has 2 aliphatic rings. The SMILES string of the molecule is CCNC(=O)c1cc2ccc3c(c2o1)C1(CCCCC1)NC(=O)N3. The number of fused-ring (bicyclic) bond motifs is 4. The number of carbonyl (C=O) groups excluding carboxylic acids is 2. The van der Waals surface area contributed by atoms with E-state index in [1.807, 2.05) is 19.1 Å². The second-order valence-corrected chi connectivity index (χ2v) is 6.60. The molecule has 126 valence electrons. The molecule has 24 heavy (non-hydrogen) atoms. The minimum Gasteiger partial charge on any atom is -0.450 e. The summed E-state index contributed by atoms with van der Waals surface area (Å²) >= 11 is 0. The second kappa shape index (κ2) is 5.54. The molecule has 3 amide bonds. The molecule has 0 saturated heterocycles. The third kappa shape index (κ3) is 2.25. The molecule has 0 radical (unpaired) electrons. The number of hydrogen-bond acceptors (Lipinski definition) is 3. The van der Waals surface area contributed by atoms with Crippen LogP contribution in [-0.2, 0) is 5.54 Å². The lowest BCUT2D eigenvalue weighted by Gasteiger charge is -2.42. The van der Waals surface area contributed by atoms with E-state index in [0.717, 1.165) is 42.3 Å². The zero-order chi connectivity index (χ0) is 16.7. The average Bonchev–Trinajstić information content (AvgIpc) is 2.99. The van der Waals surface area contributed by atoms with Gasteiger partial charge in [0.25, 0.3) is 5.91 Å². The minimum atomic E-state index is -0.397. The van der Waals surface area contributed by atoms with E-state index in [9.17, 15) is 9.59 Å². The Morgan fingerprint density at radius 3 is 2.83 bits per heavy atom. The number of rotatable bonds is 2. The third-order valence-electron chi connectivity index (χ3n) is 5.03. The van der Waals surface area contributed by atoms with E-state index in [4.69, 9.17) is 4.42 Å². The van der Waals surface area contributed by atoms with Gasteiger partial charge in [-0.05, 0) is 38.0 Å². The summed E-state index contributed by atoms with van der Waals surface area (Å²) in [7, 11) is 0. The summed E-state index contributed by atoms with van der Waals surface area (Å²) in [5, 5.41) is 9.66. The van der Waals surface area contributed by atoms with Crippen molar-refractivity contribution in [3.8, 4) is 0 Å². The van der Waals surface area contributed by atoms with Crippen molar-refractivity contribution in [1.29, 1.82) is 0 Å². The molecule has 1 fully saturated rings. The van der Waals surface area contributed by atoms with Crippen LogP contribution in [0.1, 0.15) is 55.1 Å². The fraction of sp³-hybridized carbons (Fsp3) is 0.444. The highest BCUT2D eigenvalue weighted by Gasteiger charge is 2.42. The van der Waals surface area contributed by atoms with Crippen LogP contribution in [0.15, 0.2) is 22.6 Å². The fourth-order valence-electron chi connectivity index (χ4n) is 4.01. The molecule has 1 aliphatic heterocycles. The number of furan rings is 1. The first-order valence-electron chi connectivity index (χ1n) is 8.57. The van der Waals surface area contributed by atoms with Crippen molar-refractivity contribution < 1.29 is 14.0 Å². The van der Waals surface area contributed by atoms with Crippen molar-refractivity contribution in [2.75, 3.05) is 11.9 Å². The number of anilines is 1. The normalized spacial score (nSPS) is 18.8. The smallest absolute Gasteiger partial charge is 0.319 e. The van der Waals surface area contributed by atoms with E-state index in [0.29, 0.717) is 17.9 Å². The predicted molar refractivity (Wildman–Crippen MR) is 91.1 cm³/mol. The quantitative estimate of drug-likeness (QED) is 0.789. The van der Waals surface area contributed by atoms with E-state index in [1.54, 1.807) is 6.07 Å². The first-order chi connectivity index (χ1) is 11.6. The summed E-state index contributed by atoms with van der Waals surface area (Å²) < 4.78 is 5.94. The molecular weight excluding hydrogens is 306 g/mol. The monoisotopic (exact) mass is 327 g/mol. The van der Waals surface area contributed by atoms with Crippen LogP contribution in [-0.4, -0.2) is 18.5 Å². The van der Waals surface area contributed by atoms with E-state index in [1.165, 1.54) is 6.42 Å². The number of hydrogen-bond donors (Lipinski definition) is 3. The van der Waals surface area contributed by atoms with Crippen LogP contribution >= 0.6 is 0 Å². The highest BCUT2D eigenvalue weighted by atomic mass is 16.3. The van der Waals surface area contributed by atoms with Gasteiger partial charge in [-0.1, -0.05) is 19.3 Å². The van der Waals surface area contributed by atoms with Crippen LogP contribution in [0.5, 0.6) is 0 Å². The number of urea groups is 1. The van der Waals surface area contributed by atoms with Gasteiger partial charge >= 0.3 is 6.03 Å². The van der Waals surface area contributed by atoms with E-state index < -0.39 is 5.54 Å². The molecule has 6 nitrogen and oxygen atoms in total. The van der Waals surface area contributed by atoms with E-state index >= 15 is 0 Å². The Balaban J connectivity index is 1.89. The Kier molecular flexibility index (Phi) is 3.48. The van der Waals surface area contributed by atoms with Gasteiger partial charge in [0.2, 0.25) is 0 Å². The zero-order valence-corrected chi connectivity index (χ0v) is 13.7. The number of nitrogens with one attached hydrogen (secondary N) is 3. The summed E-state index contributed by atoms with van der Waals surface area (Å²) in [6.45, 7) is 2.43. The van der Waals surface area contributed by atoms with Crippen molar-refractivity contribution in [3.63, 3.8) is 0 Å². The Morgan fingerprint density at radius 1 is 1.29 bits per heavy atom. The molecule has 2 heterocycles. The molecule has 0 atom stereocenters. The maximum absolute atomic E-state index is 12.1. The number of amides is 3. The number of benzene rings is 1. The molecule has 0 unspecified atom stereocenters. The van der Waals surface area contributed by atoms with Gasteiger partial charge in [0.05, 0.1) is 11.2 Å². The minimum absolute atomic E-state index is 0.167. The molecule has 1 aliphatic carbocycles. The summed E-state index contributed by atoms with van der Waals surface area (Å²) in [5.74, 6) is 0.0936. The lowest BCUT2D eigenvalue weighted by atomic mass is 9.74. The Hall–Kier alpha value is -2.50. The molecule has 1 saturated carbocycles. The zero-order valence-electron chi connectivity index (χ0n) is 13.7. The second-order valence-electron chi connectivity index (χ2n) is 6.60. The summed E-state index contributed by atoms with van der Waals surface area (Å²) in [4.78, 5) is 24.2. The molecule has 3 N–H and O–H groups in total. The Morgan fingerprint density at radius 2 is 2.08 bits per heavy atom. The van der Waals surface area contributed by atoms with E-state index in [2.05, 4.69) is 16.0 Å². The third-order valence-corrected chi connectivity index (χ3v) is 5.03. The molecule has 2 aromatic rings. The largest absolute Gasteiger partial charge is 0.450 e. The van der Waals surface area contributed by atoms with E-state index in [-0.39, 0.29) is 11.9 Å². The lowest BCUT2D eigenvalue weighted by Crippen LogP contribution is -2.52. The Bertz CT molecular complexity index is 818. The molecule has 1 aromatic carbocycles. The van der Waals surface area contributed by atoms with Gasteiger partial charge in [0, 0.05) is 17.5 Å². The standard InChI is InChI=1S/C18H21N3O3/c1-2-19-16(22)13-10-11-6-7-12-14(15(11)24-13)18(21-17(23)20-12)8-4-3-5-9-18/h6-7,10H,2-5,8-9H2,1H3,(H,19,22)(H2,20,21,23). The maximum atomic E-state index is 12.1. The number of carbonyl (C=O) groups is 2. The van der Waals surface area contributed by atoms with Gasteiger partial charge in [-0.25, -0.2) is 4.79 Å². The first kappa shape index (κ1) is 15.1. The van der Waals surface area contributed by atoms with Crippen LogP contribution in [0, 0.1) is 0 Å². The van der Waals surface area contributed by atoms with Crippen LogP contribution in [0.3, 0.4) is 0 Å². The molecular formula is C18H21N3O3. The van der Waals surface area contributed by atoms with Crippen molar-refractivity contribution in [2.24, 2.45) is 0 Å². The van der Waals surface area contributed by atoms with Crippen LogP contribution in [0.4, 0.5) is 10.5 Å². The first-order valence-corrected chi connectivity index (χ1v) is 8.57. The van der Waals surface area contributed by atoms with Crippen LogP contribution in [0.25, 0.3) is 11.0 Å². The molecule has 1 aromatic heterocycles. The van der Waals surface area contributed by atoms with Crippen molar-refractivity contribution in [2.45, 2.75) is 44.6 Å². The fourth-order valence-corrected chi connectivity index (χ4v) is 4.01. The van der Waals surface area contributed by atoms with Gasteiger partial charge < -0.3 is 20.4 Å². The summed E-state index contributed by atoms with van der Waals surface area (Å²) in [6, 6.07) is 5.40. The summed E-state index contributed by atoms with van der Waals surface area (Å²) in [5.41, 5.74) is 2.06. The highest BCUT2D eigenvalue weighted by Crippen LogP contribution is 2.46. The highest BCUT2D eigenvalue weighted by molar-refractivity contribution is 6.02. The van der Waals surface area contributed by atoms with Crippen LogP contribution < -0.4 is 16.0 Å². The van der Waals surface area contributed by atoms with Crippen molar-refractivity contribution in [1.82, 2.24) is 10.6 Å². The van der Waals surface area contributed by atoms with Gasteiger partial charge in [0.15, 0.2) is 5.76 Å². The predicted octanol–water partition coefficient (Wildman–Crippen LogP) is 3.48. The van der Waals surface area contributed by atoms with Gasteiger partial charge in [-0.2, -0.15) is 0 Å². The molecule has 1 spiro atoms. The topological polar surface area (TPSA) is 83.4 Å². The van der Waals surface area contributed by atoms with Gasteiger partial charge in [-0.15, -0.1) is 0 Å². The van der Waals surface area contributed by atoms with Gasteiger partial charge in [0.1, 0.15) is 5.58 Å². The summed E-state index contributed by atoms with van der Waals surface area (Å²) in [6.07, 6.45) is 5.10. The van der Waals surface area contributed by atoms with Crippen molar-refractivity contribution >= 4 is 28.6 Å². The maximum Gasteiger partial charge on any atom is 0.319 e. The molecule has 6 heteroatoms. The molecule has 0 bridgehead atoms. The van der Waals surface area contributed by atoms with Gasteiger partial charge in [-0.3, -0.25) is 4.79 Å². The molecule has 4 rings (SSSR count). The van der Waals surface area contributed by atoms with Crippen LogP contribution in [0.2, 0.25) is 0 Å². The van der Waals surface area contributed by atoms with Crippen molar-refractivity contribution in [3.05, 3.63) is 29.5 Å². The Labute approximate surface area is 140 Å². The average molecular weight is 327 g/mol.